The van der Waals surface area contributed by atoms with E-state index in [1.165, 1.54) is 0 Å². The Morgan fingerprint density at radius 2 is 1.00 bits per heavy atom. The van der Waals surface area contributed by atoms with Crippen molar-refractivity contribution in [3.8, 4) is 0 Å². The second-order valence-corrected chi connectivity index (χ2v) is 0. The minimum atomic E-state index is 0. The summed E-state index contributed by atoms with van der Waals surface area (Å²) in [5.74, 6) is 0. The summed E-state index contributed by atoms with van der Waals surface area (Å²) in [5.41, 5.74) is 0. The molecule has 0 fully saturated rings. The van der Waals surface area contributed by atoms with Gasteiger partial charge in [-0.1, -0.05) is 0 Å². The Hall–Kier alpha value is 4.70. The maximum absolute atomic E-state index is 0. The number of hydrogen-bond acceptors (Lipinski definition) is 0. The molecule has 0 nitrogen and oxygen atoms in total. The van der Waals surface area contributed by atoms with Gasteiger partial charge in [-0.25, -0.2) is 0 Å². The third kappa shape index (κ3) is 9.86. The molecule has 2 radical (unpaired) electrons. The molecule has 4 heteroatoms. The Bertz CT molecular complexity index is 8.00. The van der Waals surface area contributed by atoms with Crippen LogP contribution in [0.1, 0.15) is 0 Å². The monoisotopic (exact) mass is 446 g/mol. The number of rotatable bonds is 0. The Morgan fingerprint density at radius 1 is 1.00 bits per heavy atom. The van der Waals surface area contributed by atoms with Crippen LogP contribution in [0, 0.1) is 119 Å². The molecule has 4 heavy (non-hydrogen) atoms. The molecule has 0 aliphatic heterocycles. The first-order chi connectivity index (χ1) is 0. The summed E-state index contributed by atoms with van der Waals surface area (Å²) in [6.07, 6.45) is 0. The molecule has 0 saturated carbocycles. The van der Waals surface area contributed by atoms with Crippen LogP contribution in [0.25, 0.3) is 0 Å². The van der Waals surface area contributed by atoms with E-state index in [2.05, 4.69) is 0 Å². The van der Waals surface area contributed by atoms with Crippen molar-refractivity contribution in [2.75, 3.05) is 0 Å². The molecular formula is H2CeLaMgPr. The molecule has 0 heterocycles. The van der Waals surface area contributed by atoms with Crippen molar-refractivity contribution in [1.82, 2.24) is 0 Å². The maximum atomic E-state index is 0. The minimum absolute atomic E-state index is 0. The SMILES string of the molecule is [Ce].[La].[MgH2].[Pr]. The molecule has 0 atom stereocenters. The largest absolute Gasteiger partial charge is 0.316 e. The summed E-state index contributed by atoms with van der Waals surface area (Å²) in [4.78, 5) is 0. The summed E-state index contributed by atoms with van der Waals surface area (Å²) >= 11 is 0. The van der Waals surface area contributed by atoms with Crippen LogP contribution in [0.5, 0.6) is 0 Å². The fourth-order valence-corrected chi connectivity index (χ4v) is 0. The van der Waals surface area contributed by atoms with Gasteiger partial charge in [-0.2, -0.15) is 0 Å². The van der Waals surface area contributed by atoms with E-state index in [9.17, 15) is 0 Å². The predicted molar refractivity (Wildman–Crippen MR) is 8.54 cm³/mol. The van der Waals surface area contributed by atoms with E-state index in [1.54, 1.807) is 0 Å². The quantitative estimate of drug-likeness (QED) is 0.423. The Kier molecular flexibility index (Phi) is 91.3. The van der Waals surface area contributed by atoms with E-state index < -0.39 is 0 Å². The molecule has 0 aromatic heterocycles. The Labute approximate surface area is 137 Å². The van der Waals surface area contributed by atoms with Gasteiger partial charge in [0.05, 0.1) is 0 Å². The van der Waals surface area contributed by atoms with Crippen molar-refractivity contribution in [3.63, 3.8) is 0 Å². The van der Waals surface area contributed by atoms with Gasteiger partial charge in [0.15, 0.2) is 0 Å². The topological polar surface area (TPSA) is 0 Å². The van der Waals surface area contributed by atoms with E-state index in [0.29, 0.717) is 0 Å². The fraction of sp³-hybridized carbons (Fsp3) is 0. The van der Waals surface area contributed by atoms with Crippen LogP contribution in [-0.4, -0.2) is 23.1 Å². The average molecular weight is 446 g/mol. The van der Waals surface area contributed by atoms with Crippen molar-refractivity contribution < 1.29 is 119 Å². The van der Waals surface area contributed by atoms with Crippen LogP contribution in [0.3, 0.4) is 0 Å². The molecule has 0 unspecified atom stereocenters. The van der Waals surface area contributed by atoms with Crippen molar-refractivity contribution in [3.05, 3.63) is 0 Å². The molecule has 0 aliphatic carbocycles. The zero-order valence-electron chi connectivity index (χ0n) is 1.65. The standard InChI is InChI=1S/Ce.La.Mg.Pr.2H. The first-order valence-electron chi connectivity index (χ1n) is 0. The molecule has 0 aromatic carbocycles. The maximum Gasteiger partial charge on any atom is 0.316 e. The van der Waals surface area contributed by atoms with Gasteiger partial charge in [-0.05, 0) is 0 Å². The first kappa shape index (κ1) is 23.3. The third-order valence-corrected chi connectivity index (χ3v) is 0. The van der Waals surface area contributed by atoms with Crippen LogP contribution in [0.15, 0.2) is 0 Å². The van der Waals surface area contributed by atoms with Crippen LogP contribution in [-0.2, 0) is 0 Å². The second kappa shape index (κ2) is 15.6. The van der Waals surface area contributed by atoms with Gasteiger partial charge in [-0.3, -0.25) is 0 Å². The van der Waals surface area contributed by atoms with Gasteiger partial charge in [0.25, 0.3) is 0 Å². The summed E-state index contributed by atoms with van der Waals surface area (Å²) in [5, 5.41) is 0. The predicted octanol–water partition coefficient (Wildman–Crippen LogP) is -0.916. The fourth-order valence-electron chi connectivity index (χ4n) is 0. The van der Waals surface area contributed by atoms with E-state index in [0.717, 1.165) is 0 Å². The average Bonchev–Trinajstić information content (AvgIpc) is 0. The normalized spacial score (nSPS) is 0. The van der Waals surface area contributed by atoms with Crippen LogP contribution < -0.4 is 0 Å². The van der Waals surface area contributed by atoms with Gasteiger partial charge in [0, 0.05) is 119 Å². The van der Waals surface area contributed by atoms with E-state index >= 15 is 0 Å². The molecule has 14 valence electrons. The molecule has 0 bridgehead atoms. The van der Waals surface area contributed by atoms with Crippen molar-refractivity contribution in [2.24, 2.45) is 0 Å². The molecule has 0 rings (SSSR count). The summed E-state index contributed by atoms with van der Waals surface area (Å²) in [6.45, 7) is 0. The van der Waals surface area contributed by atoms with Crippen LogP contribution in [0.2, 0.25) is 0 Å². The number of hydrogen-bond donors (Lipinski definition) is 0. The van der Waals surface area contributed by atoms with E-state index in [4.69, 9.17) is 0 Å². The van der Waals surface area contributed by atoms with Crippen molar-refractivity contribution in [1.29, 1.82) is 0 Å². The zero-order chi connectivity index (χ0) is 0. The van der Waals surface area contributed by atoms with Crippen molar-refractivity contribution >= 4 is 23.1 Å². The Balaban J connectivity index is 0. The van der Waals surface area contributed by atoms with E-state index in [-0.39, 0.29) is 142 Å². The summed E-state index contributed by atoms with van der Waals surface area (Å²) in [6, 6.07) is 0. The molecule has 0 aromatic rings. The molecular weight excluding hydrogens is 444 g/mol. The molecule has 0 aliphatic rings. The second-order valence-electron chi connectivity index (χ2n) is 0. The zero-order valence-corrected chi connectivity index (χ0v) is 12.1. The molecule has 0 saturated heterocycles. The van der Waals surface area contributed by atoms with Gasteiger partial charge in [0.1, 0.15) is 0 Å². The smallest absolute Gasteiger partial charge is 0 e. The van der Waals surface area contributed by atoms with Gasteiger partial charge in [-0.15, -0.1) is 0 Å². The Morgan fingerprint density at radius 3 is 1.00 bits per heavy atom. The molecule has 0 spiro atoms. The molecule has 0 amide bonds. The summed E-state index contributed by atoms with van der Waals surface area (Å²) < 4.78 is 0. The third-order valence-electron chi connectivity index (χ3n) is 0. The minimum Gasteiger partial charge on any atom is 0 e. The first-order valence-corrected chi connectivity index (χ1v) is 0. The van der Waals surface area contributed by atoms with E-state index in [1.807, 2.05) is 0 Å². The molecule has 0 N–H and O–H groups in total. The van der Waals surface area contributed by atoms with Crippen molar-refractivity contribution in [2.45, 2.75) is 0 Å². The van der Waals surface area contributed by atoms with Gasteiger partial charge in [0.2, 0.25) is 0 Å². The van der Waals surface area contributed by atoms with Crippen LogP contribution >= 0.6 is 0 Å². The van der Waals surface area contributed by atoms with Crippen LogP contribution in [0.4, 0.5) is 0 Å². The van der Waals surface area contributed by atoms with Gasteiger partial charge >= 0.3 is 23.1 Å². The van der Waals surface area contributed by atoms with Gasteiger partial charge < -0.3 is 0 Å². The summed E-state index contributed by atoms with van der Waals surface area (Å²) in [7, 11) is 0.